The Hall–Kier alpha value is -2.70. The lowest BCUT2D eigenvalue weighted by Gasteiger charge is -2.31. The van der Waals surface area contributed by atoms with E-state index < -0.39 is 11.9 Å². The zero-order chi connectivity index (χ0) is 18.2. The minimum absolute atomic E-state index is 0.186. The number of halogens is 1. The first kappa shape index (κ1) is 17.1. The Labute approximate surface area is 145 Å². The maximum absolute atomic E-state index is 14.7. The predicted molar refractivity (Wildman–Crippen MR) is 92.8 cm³/mol. The monoisotopic (exact) mass is 343 g/mol. The van der Waals surface area contributed by atoms with Gasteiger partial charge in [-0.1, -0.05) is 26.8 Å². The van der Waals surface area contributed by atoms with Gasteiger partial charge in [0.1, 0.15) is 5.65 Å². The Bertz CT molecular complexity index is 892. The third-order valence-electron chi connectivity index (χ3n) is 4.30. The van der Waals surface area contributed by atoms with Gasteiger partial charge >= 0.3 is 0 Å². The molecule has 0 radical (unpaired) electrons. The second kappa shape index (κ2) is 6.31. The van der Waals surface area contributed by atoms with Gasteiger partial charge in [0.2, 0.25) is 5.95 Å². The van der Waals surface area contributed by atoms with Gasteiger partial charge in [-0.05, 0) is 24.5 Å². The lowest BCUT2D eigenvalue weighted by molar-refractivity contribution is 0.0883. The van der Waals surface area contributed by atoms with E-state index in [1.165, 1.54) is 4.40 Å². The maximum atomic E-state index is 14.7. The lowest BCUT2D eigenvalue weighted by Crippen LogP contribution is -2.46. The van der Waals surface area contributed by atoms with Crippen LogP contribution in [0.4, 0.5) is 4.39 Å². The molecule has 0 saturated carbocycles. The number of carbonyl (C=O) groups is 1. The fourth-order valence-corrected chi connectivity index (χ4v) is 2.73. The van der Waals surface area contributed by atoms with Crippen LogP contribution in [0.5, 0.6) is 0 Å². The molecule has 3 heterocycles. The van der Waals surface area contributed by atoms with Crippen LogP contribution in [-0.4, -0.2) is 30.9 Å². The maximum Gasteiger partial charge on any atom is 0.274 e. The highest BCUT2D eigenvalue weighted by atomic mass is 19.1. The number of imidazole rings is 2. The summed E-state index contributed by atoms with van der Waals surface area (Å²) >= 11 is 0. The quantitative estimate of drug-likeness (QED) is 0.792. The Kier molecular flexibility index (Phi) is 4.32. The Balaban J connectivity index is 1.89. The van der Waals surface area contributed by atoms with E-state index in [1.807, 2.05) is 31.5 Å². The number of fused-ring (bicyclic) bond motifs is 1. The largest absolute Gasteiger partial charge is 0.345 e. The first-order valence-electron chi connectivity index (χ1n) is 8.17. The van der Waals surface area contributed by atoms with E-state index in [2.05, 4.69) is 15.3 Å². The molecule has 0 fully saturated rings. The highest BCUT2D eigenvalue weighted by Crippen LogP contribution is 2.22. The Morgan fingerprint density at radius 3 is 2.72 bits per heavy atom. The van der Waals surface area contributed by atoms with Crippen molar-refractivity contribution in [1.29, 1.82) is 0 Å². The molecule has 3 rings (SSSR count). The average Bonchev–Trinajstić information content (AvgIpc) is 3.14. The van der Waals surface area contributed by atoms with Gasteiger partial charge in [-0.15, -0.1) is 0 Å². The molecule has 3 aromatic rings. The van der Waals surface area contributed by atoms with Gasteiger partial charge in [0.15, 0.2) is 5.69 Å². The molecular weight excluding hydrogens is 321 g/mol. The number of amides is 1. The van der Waals surface area contributed by atoms with Crippen LogP contribution < -0.4 is 5.32 Å². The molecule has 6 nitrogen and oxygen atoms in total. The fraction of sp³-hybridized carbons (Fsp3) is 0.389. The Morgan fingerprint density at radius 2 is 2.12 bits per heavy atom. The van der Waals surface area contributed by atoms with Crippen LogP contribution in [0.2, 0.25) is 0 Å². The number of aromatic nitrogens is 4. The number of rotatable bonds is 4. The summed E-state index contributed by atoms with van der Waals surface area (Å²) in [6, 6.07) is 5.03. The van der Waals surface area contributed by atoms with Crippen LogP contribution >= 0.6 is 0 Å². The number of nitrogens with zero attached hydrogens (tertiary/aromatic N) is 4. The topological polar surface area (TPSA) is 64.2 Å². The van der Waals surface area contributed by atoms with Gasteiger partial charge in [-0.2, -0.15) is 4.39 Å². The van der Waals surface area contributed by atoms with Crippen molar-refractivity contribution >= 4 is 11.6 Å². The van der Waals surface area contributed by atoms with Crippen molar-refractivity contribution in [1.82, 2.24) is 24.3 Å². The summed E-state index contributed by atoms with van der Waals surface area (Å²) in [5, 5.41) is 2.93. The van der Waals surface area contributed by atoms with E-state index in [0.717, 1.165) is 0 Å². The van der Waals surface area contributed by atoms with Gasteiger partial charge in [0, 0.05) is 24.6 Å². The van der Waals surface area contributed by atoms with Gasteiger partial charge < -0.3 is 9.88 Å². The van der Waals surface area contributed by atoms with Crippen molar-refractivity contribution < 1.29 is 9.18 Å². The number of nitrogens with one attached hydrogen (secondary N) is 1. The summed E-state index contributed by atoms with van der Waals surface area (Å²) < 4.78 is 17.9. The zero-order valence-electron chi connectivity index (χ0n) is 14.8. The number of hydrogen-bond acceptors (Lipinski definition) is 3. The highest BCUT2D eigenvalue weighted by molar-refractivity contribution is 5.93. The fourth-order valence-electron chi connectivity index (χ4n) is 2.73. The van der Waals surface area contributed by atoms with Crippen molar-refractivity contribution in [3.05, 3.63) is 54.3 Å². The minimum atomic E-state index is -0.638. The predicted octanol–water partition coefficient (Wildman–Crippen LogP) is 2.82. The smallest absolute Gasteiger partial charge is 0.274 e. The summed E-state index contributed by atoms with van der Waals surface area (Å²) in [6.07, 6.45) is 5.21. The van der Waals surface area contributed by atoms with E-state index in [-0.39, 0.29) is 17.2 Å². The van der Waals surface area contributed by atoms with Crippen molar-refractivity contribution in [2.24, 2.45) is 5.41 Å². The van der Waals surface area contributed by atoms with Gasteiger partial charge in [-0.25, -0.2) is 9.97 Å². The molecule has 25 heavy (non-hydrogen) atoms. The average molecular weight is 343 g/mol. The van der Waals surface area contributed by atoms with Crippen LogP contribution in [0.15, 0.2) is 36.9 Å². The summed E-state index contributed by atoms with van der Waals surface area (Å²) in [7, 11) is 0. The highest BCUT2D eigenvalue weighted by Gasteiger charge is 2.29. The Morgan fingerprint density at radius 1 is 1.36 bits per heavy atom. The molecule has 0 aliphatic rings. The standard InChI is InChI=1S/C18H22FN5O/c1-12-6-5-7-14-22-15(16(19)24(12)14)17(25)21-13(18(2,3)4)10-23-9-8-20-11-23/h5-9,11,13H,10H2,1-4H3,(H,21,25)/t13-/m1/s1. The molecule has 0 bridgehead atoms. The van der Waals surface area contributed by atoms with Crippen molar-refractivity contribution in [3.63, 3.8) is 0 Å². The summed E-state index contributed by atoms with van der Waals surface area (Å²) in [5.41, 5.74) is 0.706. The SMILES string of the molecule is Cc1cccc2nc(C(=O)N[C@H](Cn3ccnc3)C(C)(C)C)c(F)n12. The number of aryl methyl sites for hydroxylation is 1. The van der Waals surface area contributed by atoms with Crippen LogP contribution in [0, 0.1) is 18.3 Å². The summed E-state index contributed by atoms with van der Waals surface area (Å²) in [5.74, 6) is -1.15. The second-order valence-electron chi connectivity index (χ2n) is 7.26. The minimum Gasteiger partial charge on any atom is -0.345 e. The van der Waals surface area contributed by atoms with E-state index >= 15 is 0 Å². The van der Waals surface area contributed by atoms with Crippen molar-refractivity contribution in [2.45, 2.75) is 40.3 Å². The van der Waals surface area contributed by atoms with Crippen molar-refractivity contribution in [2.75, 3.05) is 0 Å². The summed E-state index contributed by atoms with van der Waals surface area (Å²) in [4.78, 5) is 20.9. The molecule has 0 aliphatic carbocycles. The number of hydrogen-bond donors (Lipinski definition) is 1. The molecule has 0 aliphatic heterocycles. The van der Waals surface area contributed by atoms with Crippen molar-refractivity contribution in [3.8, 4) is 0 Å². The zero-order valence-corrected chi connectivity index (χ0v) is 14.8. The van der Waals surface area contributed by atoms with E-state index in [1.54, 1.807) is 37.6 Å². The molecule has 0 aromatic carbocycles. The molecule has 0 spiro atoms. The summed E-state index contributed by atoms with van der Waals surface area (Å²) in [6.45, 7) is 8.40. The third kappa shape index (κ3) is 3.40. The van der Waals surface area contributed by atoms with Gasteiger partial charge in [0.25, 0.3) is 5.91 Å². The molecule has 0 unspecified atom stereocenters. The molecule has 7 heteroatoms. The lowest BCUT2D eigenvalue weighted by atomic mass is 9.86. The molecule has 1 atom stereocenters. The van der Waals surface area contributed by atoms with Crippen LogP contribution in [0.3, 0.4) is 0 Å². The molecular formula is C18H22FN5O. The van der Waals surface area contributed by atoms with Gasteiger partial charge in [-0.3, -0.25) is 9.20 Å². The molecule has 132 valence electrons. The van der Waals surface area contributed by atoms with Gasteiger partial charge in [0.05, 0.1) is 12.4 Å². The van der Waals surface area contributed by atoms with Crippen LogP contribution in [-0.2, 0) is 6.54 Å². The number of carbonyl (C=O) groups excluding carboxylic acids is 1. The molecule has 1 amide bonds. The van der Waals surface area contributed by atoms with E-state index in [0.29, 0.717) is 17.9 Å². The van der Waals surface area contributed by atoms with E-state index in [4.69, 9.17) is 0 Å². The van der Waals surface area contributed by atoms with Crippen LogP contribution in [0.1, 0.15) is 37.0 Å². The second-order valence-corrected chi connectivity index (χ2v) is 7.26. The molecule has 3 aromatic heterocycles. The molecule has 0 saturated heterocycles. The third-order valence-corrected chi connectivity index (χ3v) is 4.30. The van der Waals surface area contributed by atoms with E-state index in [9.17, 15) is 9.18 Å². The number of pyridine rings is 1. The van der Waals surface area contributed by atoms with Crippen LogP contribution in [0.25, 0.3) is 5.65 Å². The molecule has 1 N–H and O–H groups in total. The first-order chi connectivity index (χ1) is 11.8. The first-order valence-corrected chi connectivity index (χ1v) is 8.17. The normalized spacial score (nSPS) is 13.2.